The molecule has 0 aromatic heterocycles. The lowest BCUT2D eigenvalue weighted by Gasteiger charge is -2.13. The standard InChI is InChI=1S/C7H12N2O5/c8-5(3-11)7(14)9-4(2-10)1-6(12)13/h2,4-5,11H,1,3,8H2,(H,9,14)(H,12,13)/t4-,5-/m0/s1. The van der Waals surface area contributed by atoms with Gasteiger partial charge in [-0.3, -0.25) is 9.59 Å². The molecule has 0 unspecified atom stereocenters. The molecule has 0 fully saturated rings. The third kappa shape index (κ3) is 4.53. The van der Waals surface area contributed by atoms with Crippen LogP contribution in [0.25, 0.3) is 0 Å². The molecule has 0 bridgehead atoms. The number of amides is 1. The Kier molecular flexibility index (Phi) is 5.42. The Hall–Kier alpha value is -1.47. The Labute approximate surface area is 79.9 Å². The molecule has 0 aromatic carbocycles. The van der Waals surface area contributed by atoms with E-state index in [9.17, 15) is 14.4 Å². The molecule has 0 saturated heterocycles. The minimum atomic E-state index is -1.21. The zero-order valence-electron chi connectivity index (χ0n) is 7.34. The molecule has 5 N–H and O–H groups in total. The number of carboxylic acids is 1. The number of nitrogens with two attached hydrogens (primary N) is 1. The van der Waals surface area contributed by atoms with E-state index in [0.717, 1.165) is 0 Å². The van der Waals surface area contributed by atoms with E-state index in [1.165, 1.54) is 0 Å². The van der Waals surface area contributed by atoms with Gasteiger partial charge in [-0.25, -0.2) is 0 Å². The highest BCUT2D eigenvalue weighted by Crippen LogP contribution is 1.89. The van der Waals surface area contributed by atoms with Gasteiger partial charge in [-0.2, -0.15) is 0 Å². The largest absolute Gasteiger partial charge is 0.481 e. The van der Waals surface area contributed by atoms with Crippen LogP contribution in [0.3, 0.4) is 0 Å². The van der Waals surface area contributed by atoms with Crippen LogP contribution < -0.4 is 11.1 Å². The van der Waals surface area contributed by atoms with Crippen LogP contribution in [-0.4, -0.2) is 47.1 Å². The van der Waals surface area contributed by atoms with Crippen molar-refractivity contribution in [3.05, 3.63) is 0 Å². The first-order valence-corrected chi connectivity index (χ1v) is 3.85. The molecule has 1 amide bonds. The van der Waals surface area contributed by atoms with Gasteiger partial charge in [0.1, 0.15) is 12.3 Å². The summed E-state index contributed by atoms with van der Waals surface area (Å²) in [5.41, 5.74) is 5.12. The highest BCUT2D eigenvalue weighted by atomic mass is 16.4. The molecule has 0 spiro atoms. The summed E-state index contributed by atoms with van der Waals surface area (Å²) in [5, 5.41) is 18.9. The van der Waals surface area contributed by atoms with Crippen molar-refractivity contribution < 1.29 is 24.6 Å². The van der Waals surface area contributed by atoms with Crippen LogP contribution >= 0.6 is 0 Å². The van der Waals surface area contributed by atoms with Gasteiger partial charge in [-0.15, -0.1) is 0 Å². The number of hydrogen-bond acceptors (Lipinski definition) is 5. The van der Waals surface area contributed by atoms with Gasteiger partial charge in [-0.1, -0.05) is 0 Å². The van der Waals surface area contributed by atoms with Crippen LogP contribution in [0, 0.1) is 0 Å². The van der Waals surface area contributed by atoms with E-state index >= 15 is 0 Å². The fourth-order valence-corrected chi connectivity index (χ4v) is 0.694. The maximum absolute atomic E-state index is 11.0. The fourth-order valence-electron chi connectivity index (χ4n) is 0.694. The third-order valence-corrected chi connectivity index (χ3v) is 1.42. The highest BCUT2D eigenvalue weighted by Gasteiger charge is 2.18. The van der Waals surface area contributed by atoms with Gasteiger partial charge < -0.3 is 26.1 Å². The lowest BCUT2D eigenvalue weighted by Crippen LogP contribution is -2.48. The molecule has 0 aliphatic carbocycles. The average Bonchev–Trinajstić information content (AvgIpc) is 2.14. The van der Waals surface area contributed by atoms with E-state index in [1.807, 2.05) is 0 Å². The summed E-state index contributed by atoms with van der Waals surface area (Å²) < 4.78 is 0. The van der Waals surface area contributed by atoms with Crippen molar-refractivity contribution in [3.63, 3.8) is 0 Å². The molecule has 0 aromatic rings. The first kappa shape index (κ1) is 12.5. The van der Waals surface area contributed by atoms with Crippen molar-refractivity contribution in [3.8, 4) is 0 Å². The molecule has 0 saturated carbocycles. The molecular formula is C7H12N2O5. The van der Waals surface area contributed by atoms with Crippen molar-refractivity contribution in [1.82, 2.24) is 5.32 Å². The number of carbonyl (C=O) groups is 3. The summed E-state index contributed by atoms with van der Waals surface area (Å²) >= 11 is 0. The van der Waals surface area contributed by atoms with Crippen molar-refractivity contribution >= 4 is 18.2 Å². The minimum Gasteiger partial charge on any atom is -0.481 e. The topological polar surface area (TPSA) is 130 Å². The molecule has 14 heavy (non-hydrogen) atoms. The lowest BCUT2D eigenvalue weighted by molar-refractivity contribution is -0.138. The number of aliphatic hydroxyl groups excluding tert-OH is 1. The third-order valence-electron chi connectivity index (χ3n) is 1.42. The van der Waals surface area contributed by atoms with Crippen LogP contribution in [0.15, 0.2) is 0 Å². The maximum Gasteiger partial charge on any atom is 0.305 e. The second-order valence-electron chi connectivity index (χ2n) is 2.64. The summed E-state index contributed by atoms with van der Waals surface area (Å²) in [4.78, 5) is 31.5. The predicted molar refractivity (Wildman–Crippen MR) is 45.3 cm³/mol. The SMILES string of the molecule is N[C@@H](CO)C(=O)N[C@H](C=O)CC(=O)O. The first-order valence-electron chi connectivity index (χ1n) is 3.85. The molecule has 0 heterocycles. The number of aliphatic carboxylic acids is 1. The normalized spacial score (nSPS) is 14.1. The van der Waals surface area contributed by atoms with Crippen LogP contribution in [0.1, 0.15) is 6.42 Å². The first-order chi connectivity index (χ1) is 6.51. The number of nitrogens with one attached hydrogen (secondary N) is 1. The van der Waals surface area contributed by atoms with Crippen LogP contribution in [-0.2, 0) is 14.4 Å². The minimum absolute atomic E-state index is 0.302. The van der Waals surface area contributed by atoms with Gasteiger partial charge >= 0.3 is 5.97 Å². The molecule has 2 atom stereocenters. The number of aliphatic hydroxyl groups is 1. The van der Waals surface area contributed by atoms with Crippen LogP contribution in [0.2, 0.25) is 0 Å². The van der Waals surface area contributed by atoms with Crippen molar-refractivity contribution in [2.75, 3.05) is 6.61 Å². The zero-order valence-corrected chi connectivity index (χ0v) is 7.34. The smallest absolute Gasteiger partial charge is 0.305 e. The van der Waals surface area contributed by atoms with E-state index in [2.05, 4.69) is 5.32 Å². The molecule has 0 radical (unpaired) electrons. The molecule has 0 aliphatic rings. The number of carbonyl (C=O) groups excluding carboxylic acids is 2. The Morgan fingerprint density at radius 1 is 1.50 bits per heavy atom. The van der Waals surface area contributed by atoms with E-state index in [0.29, 0.717) is 6.29 Å². The van der Waals surface area contributed by atoms with Crippen molar-refractivity contribution in [2.45, 2.75) is 18.5 Å². The Morgan fingerprint density at radius 2 is 2.07 bits per heavy atom. The Bertz CT molecular complexity index is 230. The van der Waals surface area contributed by atoms with Gasteiger partial charge in [0, 0.05) is 0 Å². The molecule has 0 rings (SSSR count). The monoisotopic (exact) mass is 204 g/mol. The van der Waals surface area contributed by atoms with Gasteiger partial charge in [-0.05, 0) is 0 Å². The van der Waals surface area contributed by atoms with Gasteiger partial charge in [0.25, 0.3) is 0 Å². The fraction of sp³-hybridized carbons (Fsp3) is 0.571. The number of carboxylic acid groups (broad SMARTS) is 1. The van der Waals surface area contributed by atoms with Gasteiger partial charge in [0.15, 0.2) is 0 Å². The molecule has 80 valence electrons. The average molecular weight is 204 g/mol. The zero-order chi connectivity index (χ0) is 11.1. The lowest BCUT2D eigenvalue weighted by atomic mass is 10.2. The Balaban J connectivity index is 4.11. The quantitative estimate of drug-likeness (QED) is 0.353. The predicted octanol–water partition coefficient (Wildman–Crippen LogP) is -2.54. The second-order valence-corrected chi connectivity index (χ2v) is 2.64. The summed E-state index contributed by atoms with van der Waals surface area (Å²) in [6.45, 7) is -0.565. The molecular weight excluding hydrogens is 192 g/mol. The summed E-state index contributed by atoms with van der Waals surface area (Å²) in [7, 11) is 0. The molecule has 0 aliphatic heterocycles. The summed E-state index contributed by atoms with van der Waals surface area (Å²) in [6, 6.07) is -2.26. The number of hydrogen-bond donors (Lipinski definition) is 4. The van der Waals surface area contributed by atoms with E-state index in [1.54, 1.807) is 0 Å². The van der Waals surface area contributed by atoms with Crippen LogP contribution in [0.4, 0.5) is 0 Å². The van der Waals surface area contributed by atoms with E-state index < -0.39 is 37.0 Å². The summed E-state index contributed by atoms with van der Waals surface area (Å²) in [5.74, 6) is -1.97. The van der Waals surface area contributed by atoms with Crippen LogP contribution in [0.5, 0.6) is 0 Å². The van der Waals surface area contributed by atoms with E-state index in [4.69, 9.17) is 15.9 Å². The number of rotatable bonds is 6. The van der Waals surface area contributed by atoms with Crippen molar-refractivity contribution in [1.29, 1.82) is 0 Å². The van der Waals surface area contributed by atoms with Gasteiger partial charge in [0.2, 0.25) is 5.91 Å². The summed E-state index contributed by atoms with van der Waals surface area (Å²) in [6.07, 6.45) is -0.205. The van der Waals surface area contributed by atoms with Gasteiger partial charge in [0.05, 0.1) is 19.1 Å². The molecule has 7 nitrogen and oxygen atoms in total. The van der Waals surface area contributed by atoms with E-state index in [-0.39, 0.29) is 0 Å². The maximum atomic E-state index is 11.0. The highest BCUT2D eigenvalue weighted by molar-refractivity contribution is 5.85. The Morgan fingerprint density at radius 3 is 2.43 bits per heavy atom. The van der Waals surface area contributed by atoms with Crippen molar-refractivity contribution in [2.24, 2.45) is 5.73 Å². The molecule has 7 heteroatoms. The second kappa shape index (κ2) is 6.06. The number of aldehydes is 1.